The first-order valence-corrected chi connectivity index (χ1v) is 6.40. The molecule has 0 aliphatic heterocycles. The fraction of sp³-hybridized carbons (Fsp3) is 0.214. The zero-order chi connectivity index (χ0) is 13.7. The molecule has 1 unspecified atom stereocenters. The van der Waals surface area contributed by atoms with Gasteiger partial charge in [-0.25, -0.2) is 0 Å². The largest absolute Gasteiger partial charge is 0.463 e. The number of carbonyl (C=O) groups excluding carboxylic acids is 1. The van der Waals surface area contributed by atoms with Crippen molar-refractivity contribution in [1.82, 2.24) is 0 Å². The van der Waals surface area contributed by atoms with Gasteiger partial charge in [0.1, 0.15) is 6.54 Å². The van der Waals surface area contributed by atoms with Gasteiger partial charge in [-0.2, -0.15) is 0 Å². The number of quaternary nitrogens is 1. The third-order valence-electron chi connectivity index (χ3n) is 2.65. The van der Waals surface area contributed by atoms with Crippen molar-refractivity contribution in [3.63, 3.8) is 0 Å². The average Bonchev–Trinajstić information content (AvgIpc) is 2.84. The van der Waals surface area contributed by atoms with E-state index in [9.17, 15) is 4.79 Å². The van der Waals surface area contributed by atoms with Crippen molar-refractivity contribution in [1.29, 1.82) is 0 Å². The molecule has 1 aromatic carbocycles. The van der Waals surface area contributed by atoms with Crippen molar-refractivity contribution < 1.29 is 14.1 Å². The summed E-state index contributed by atoms with van der Waals surface area (Å²) in [5, 5.41) is 3.48. The monoisotopic (exact) mass is 279 g/mol. The Morgan fingerprint density at radius 2 is 2.05 bits per heavy atom. The number of hydrogen-bond acceptors (Lipinski definition) is 2. The summed E-state index contributed by atoms with van der Waals surface area (Å²) in [5.74, 6) is 0.836. The van der Waals surface area contributed by atoms with Crippen LogP contribution in [0.3, 0.4) is 0 Å². The zero-order valence-corrected chi connectivity index (χ0v) is 11.4. The van der Waals surface area contributed by atoms with E-state index in [0.717, 1.165) is 16.3 Å². The van der Waals surface area contributed by atoms with Crippen LogP contribution in [-0.2, 0) is 11.3 Å². The third-order valence-corrected chi connectivity index (χ3v) is 2.90. The molecule has 0 spiro atoms. The molecule has 0 aliphatic carbocycles. The third kappa shape index (κ3) is 4.43. The topological polar surface area (TPSA) is 46.7 Å². The summed E-state index contributed by atoms with van der Waals surface area (Å²) in [7, 11) is 1.95. The van der Waals surface area contributed by atoms with Crippen molar-refractivity contribution >= 4 is 23.2 Å². The molecule has 0 saturated heterocycles. The Labute approximate surface area is 117 Å². The van der Waals surface area contributed by atoms with Crippen molar-refractivity contribution in [2.45, 2.75) is 6.54 Å². The van der Waals surface area contributed by atoms with E-state index in [2.05, 4.69) is 5.32 Å². The molecule has 100 valence electrons. The van der Waals surface area contributed by atoms with Crippen LogP contribution in [0.4, 0.5) is 5.69 Å². The van der Waals surface area contributed by atoms with Gasteiger partial charge < -0.3 is 14.6 Å². The second-order valence-electron chi connectivity index (χ2n) is 4.45. The molecule has 0 bridgehead atoms. The van der Waals surface area contributed by atoms with Gasteiger partial charge in [0, 0.05) is 10.7 Å². The van der Waals surface area contributed by atoms with Crippen LogP contribution < -0.4 is 10.2 Å². The molecule has 0 fully saturated rings. The molecule has 1 atom stereocenters. The fourth-order valence-corrected chi connectivity index (χ4v) is 1.91. The van der Waals surface area contributed by atoms with Crippen molar-refractivity contribution in [3.05, 3.63) is 53.4 Å². The lowest BCUT2D eigenvalue weighted by molar-refractivity contribution is -0.886. The smallest absolute Gasteiger partial charge is 0.279 e. The highest BCUT2D eigenvalue weighted by molar-refractivity contribution is 6.30. The van der Waals surface area contributed by atoms with Gasteiger partial charge in [0.2, 0.25) is 0 Å². The highest BCUT2D eigenvalue weighted by atomic mass is 35.5. The molecule has 0 aliphatic rings. The van der Waals surface area contributed by atoms with E-state index >= 15 is 0 Å². The summed E-state index contributed by atoms with van der Waals surface area (Å²) in [6.45, 7) is 1.06. The molecule has 1 heterocycles. The molecule has 2 N–H and O–H groups in total. The standard InChI is InChI=1S/C14H15ClN2O2/c1-17(9-13-3-2-8-19-13)10-14(18)16-12-6-4-11(15)5-7-12/h2-8H,9-10H2,1H3,(H,16,18)/p+1. The molecular weight excluding hydrogens is 264 g/mol. The predicted molar refractivity (Wildman–Crippen MR) is 74.2 cm³/mol. The molecule has 0 saturated carbocycles. The first-order chi connectivity index (χ1) is 9.13. The van der Waals surface area contributed by atoms with E-state index in [1.54, 1.807) is 30.5 Å². The second kappa shape index (κ2) is 6.41. The SMILES string of the molecule is C[NH+](CC(=O)Nc1ccc(Cl)cc1)Cc1ccco1. The van der Waals surface area contributed by atoms with E-state index in [1.807, 2.05) is 19.2 Å². The lowest BCUT2D eigenvalue weighted by atomic mass is 10.3. The maximum atomic E-state index is 11.8. The number of benzene rings is 1. The van der Waals surface area contributed by atoms with E-state index in [4.69, 9.17) is 16.0 Å². The van der Waals surface area contributed by atoms with E-state index in [0.29, 0.717) is 18.1 Å². The van der Waals surface area contributed by atoms with Crippen LogP contribution in [0.1, 0.15) is 5.76 Å². The summed E-state index contributed by atoms with van der Waals surface area (Å²) >= 11 is 5.78. The quantitative estimate of drug-likeness (QED) is 0.873. The molecule has 5 heteroatoms. The number of rotatable bonds is 5. The lowest BCUT2D eigenvalue weighted by Crippen LogP contribution is -3.08. The number of hydrogen-bond donors (Lipinski definition) is 2. The number of likely N-dealkylation sites (N-methyl/N-ethyl adjacent to an activating group) is 1. The normalized spacial score (nSPS) is 12.1. The van der Waals surface area contributed by atoms with E-state index < -0.39 is 0 Å². The lowest BCUT2D eigenvalue weighted by Gasteiger charge is -2.12. The molecule has 1 amide bonds. The minimum Gasteiger partial charge on any atom is -0.463 e. The first kappa shape index (κ1) is 13.6. The second-order valence-corrected chi connectivity index (χ2v) is 4.88. The van der Waals surface area contributed by atoms with Crippen molar-refractivity contribution in [2.24, 2.45) is 0 Å². The number of halogens is 1. The van der Waals surface area contributed by atoms with Crippen molar-refractivity contribution in [3.8, 4) is 0 Å². The highest BCUT2D eigenvalue weighted by Crippen LogP contribution is 2.12. The summed E-state index contributed by atoms with van der Waals surface area (Å²) in [4.78, 5) is 12.9. The Kier molecular flexibility index (Phi) is 4.60. The van der Waals surface area contributed by atoms with Gasteiger partial charge in [-0.1, -0.05) is 11.6 Å². The molecule has 1 aromatic heterocycles. The molecule has 4 nitrogen and oxygen atoms in total. The van der Waals surface area contributed by atoms with Crippen LogP contribution in [0.5, 0.6) is 0 Å². The summed E-state index contributed by atoms with van der Waals surface area (Å²) in [6.07, 6.45) is 1.64. The predicted octanol–water partition coefficient (Wildman–Crippen LogP) is 1.59. The Bertz CT molecular complexity index is 523. The Hall–Kier alpha value is -1.78. The van der Waals surface area contributed by atoms with Crippen LogP contribution in [0.2, 0.25) is 5.02 Å². The molecule has 2 rings (SSSR count). The van der Waals surface area contributed by atoms with Gasteiger partial charge in [0.05, 0.1) is 13.3 Å². The summed E-state index contributed by atoms with van der Waals surface area (Å²) < 4.78 is 5.25. The zero-order valence-electron chi connectivity index (χ0n) is 10.7. The Morgan fingerprint density at radius 1 is 1.32 bits per heavy atom. The minimum atomic E-state index is -0.0358. The number of nitrogens with one attached hydrogen (secondary N) is 2. The fourth-order valence-electron chi connectivity index (χ4n) is 1.79. The van der Waals surface area contributed by atoms with Gasteiger partial charge in [0.15, 0.2) is 12.3 Å². The highest BCUT2D eigenvalue weighted by Gasteiger charge is 2.11. The number of furan rings is 1. The molecule has 0 radical (unpaired) electrons. The van der Waals surface area contributed by atoms with Crippen LogP contribution in [0.15, 0.2) is 47.1 Å². The number of amides is 1. The maximum absolute atomic E-state index is 11.8. The van der Waals surface area contributed by atoms with Gasteiger partial charge in [-0.05, 0) is 36.4 Å². The van der Waals surface area contributed by atoms with Gasteiger partial charge in [-0.15, -0.1) is 0 Å². The minimum absolute atomic E-state index is 0.0358. The number of anilines is 1. The van der Waals surface area contributed by atoms with Crippen LogP contribution in [0, 0.1) is 0 Å². The van der Waals surface area contributed by atoms with Crippen LogP contribution in [-0.4, -0.2) is 19.5 Å². The van der Waals surface area contributed by atoms with Crippen LogP contribution >= 0.6 is 11.6 Å². The molecule has 2 aromatic rings. The first-order valence-electron chi connectivity index (χ1n) is 6.02. The van der Waals surface area contributed by atoms with E-state index in [-0.39, 0.29) is 5.91 Å². The summed E-state index contributed by atoms with van der Waals surface area (Å²) in [6, 6.07) is 10.8. The maximum Gasteiger partial charge on any atom is 0.279 e. The van der Waals surface area contributed by atoms with Crippen molar-refractivity contribution in [2.75, 3.05) is 18.9 Å². The van der Waals surface area contributed by atoms with Gasteiger partial charge in [0.25, 0.3) is 5.91 Å². The summed E-state index contributed by atoms with van der Waals surface area (Å²) in [5.41, 5.74) is 0.750. The van der Waals surface area contributed by atoms with Gasteiger partial charge >= 0.3 is 0 Å². The van der Waals surface area contributed by atoms with E-state index in [1.165, 1.54) is 0 Å². The molecular formula is C14H16ClN2O2+. The van der Waals surface area contributed by atoms with Gasteiger partial charge in [-0.3, -0.25) is 4.79 Å². The average molecular weight is 280 g/mol. The Morgan fingerprint density at radius 3 is 2.68 bits per heavy atom. The van der Waals surface area contributed by atoms with Crippen LogP contribution in [0.25, 0.3) is 0 Å². The number of carbonyl (C=O) groups is 1. The Balaban J connectivity index is 1.82. The molecule has 19 heavy (non-hydrogen) atoms.